The second-order valence-electron chi connectivity index (χ2n) is 4.08. The summed E-state index contributed by atoms with van der Waals surface area (Å²) in [7, 11) is 0. The quantitative estimate of drug-likeness (QED) is 0.803. The summed E-state index contributed by atoms with van der Waals surface area (Å²) in [5.41, 5.74) is 0.948. The first kappa shape index (κ1) is 10.4. The highest BCUT2D eigenvalue weighted by atomic mass is 16.3. The Morgan fingerprint density at radius 3 is 2.60 bits per heavy atom. The number of pyridine rings is 1. The lowest BCUT2D eigenvalue weighted by Gasteiger charge is -2.21. The lowest BCUT2D eigenvalue weighted by Crippen LogP contribution is -2.24. The van der Waals surface area contributed by atoms with Crippen molar-refractivity contribution in [3.63, 3.8) is 0 Å². The van der Waals surface area contributed by atoms with E-state index in [4.69, 9.17) is 5.11 Å². The van der Waals surface area contributed by atoms with Crippen molar-refractivity contribution >= 4 is 5.82 Å². The zero-order chi connectivity index (χ0) is 10.5. The Morgan fingerprint density at radius 1 is 1.20 bits per heavy atom. The van der Waals surface area contributed by atoms with Gasteiger partial charge in [-0.2, -0.15) is 0 Å². The Hall–Kier alpha value is -1.09. The summed E-state index contributed by atoms with van der Waals surface area (Å²) in [6.07, 6.45) is 6.95. The summed E-state index contributed by atoms with van der Waals surface area (Å²) in [6, 6.07) is 3.85. The van der Waals surface area contributed by atoms with Crippen molar-refractivity contribution < 1.29 is 5.11 Å². The Balaban J connectivity index is 2.12. The van der Waals surface area contributed by atoms with Gasteiger partial charge in [0.25, 0.3) is 0 Å². The molecule has 0 unspecified atom stereocenters. The molecule has 2 rings (SSSR count). The van der Waals surface area contributed by atoms with Crippen LogP contribution >= 0.6 is 0 Å². The van der Waals surface area contributed by atoms with Crippen LogP contribution in [0.25, 0.3) is 0 Å². The van der Waals surface area contributed by atoms with E-state index in [0.717, 1.165) is 24.5 Å². The lowest BCUT2D eigenvalue weighted by atomic mass is 10.2. The first-order chi connectivity index (χ1) is 7.40. The van der Waals surface area contributed by atoms with Gasteiger partial charge >= 0.3 is 0 Å². The summed E-state index contributed by atoms with van der Waals surface area (Å²) < 4.78 is 0. The van der Waals surface area contributed by atoms with Crippen LogP contribution in [0.5, 0.6) is 0 Å². The van der Waals surface area contributed by atoms with Crippen LogP contribution in [0.3, 0.4) is 0 Å². The maximum atomic E-state index is 9.07. The fourth-order valence-electron chi connectivity index (χ4n) is 2.03. The molecule has 0 radical (unpaired) electrons. The van der Waals surface area contributed by atoms with E-state index < -0.39 is 0 Å². The molecule has 1 N–H and O–H groups in total. The number of rotatable bonds is 2. The molecule has 0 bridgehead atoms. The molecule has 0 spiro atoms. The summed E-state index contributed by atoms with van der Waals surface area (Å²) in [5, 5.41) is 9.07. The smallest absolute Gasteiger partial charge is 0.128 e. The van der Waals surface area contributed by atoms with Crippen molar-refractivity contribution in [2.75, 3.05) is 18.0 Å². The summed E-state index contributed by atoms with van der Waals surface area (Å²) in [6.45, 7) is 2.30. The van der Waals surface area contributed by atoms with Crippen LogP contribution in [0.4, 0.5) is 5.82 Å². The topological polar surface area (TPSA) is 36.4 Å². The molecule has 1 aromatic heterocycles. The zero-order valence-electron chi connectivity index (χ0n) is 9.02. The molecule has 15 heavy (non-hydrogen) atoms. The molecular weight excluding hydrogens is 188 g/mol. The molecule has 1 aromatic rings. The van der Waals surface area contributed by atoms with Crippen molar-refractivity contribution in [2.24, 2.45) is 0 Å². The zero-order valence-corrected chi connectivity index (χ0v) is 9.02. The number of hydrogen-bond donors (Lipinski definition) is 1. The largest absolute Gasteiger partial charge is 0.392 e. The molecule has 0 aromatic carbocycles. The molecule has 0 aliphatic carbocycles. The molecule has 82 valence electrons. The van der Waals surface area contributed by atoms with Gasteiger partial charge < -0.3 is 10.0 Å². The van der Waals surface area contributed by atoms with Gasteiger partial charge in [0.1, 0.15) is 5.82 Å². The number of nitrogens with zero attached hydrogens (tertiary/aromatic N) is 2. The third-order valence-electron chi connectivity index (χ3n) is 2.92. The van der Waals surface area contributed by atoms with E-state index in [2.05, 4.69) is 9.88 Å². The minimum absolute atomic E-state index is 0.101. The minimum atomic E-state index is 0.101. The molecule has 1 saturated heterocycles. The van der Waals surface area contributed by atoms with Crippen molar-refractivity contribution in [1.29, 1.82) is 0 Å². The van der Waals surface area contributed by atoms with Gasteiger partial charge in [0.05, 0.1) is 6.61 Å². The van der Waals surface area contributed by atoms with Gasteiger partial charge in [-0.05, 0) is 30.5 Å². The third kappa shape index (κ3) is 2.69. The molecule has 1 aliphatic rings. The Morgan fingerprint density at radius 2 is 1.93 bits per heavy atom. The summed E-state index contributed by atoms with van der Waals surface area (Å²) in [5.74, 6) is 1.02. The first-order valence-electron chi connectivity index (χ1n) is 5.71. The molecule has 0 atom stereocenters. The van der Waals surface area contributed by atoms with Crippen LogP contribution < -0.4 is 4.90 Å². The standard InChI is InChI=1S/C12H18N2O/c15-10-11-5-6-13-12(9-11)14-7-3-1-2-4-8-14/h5-6,9,15H,1-4,7-8,10H2. The highest BCUT2D eigenvalue weighted by Crippen LogP contribution is 2.18. The maximum Gasteiger partial charge on any atom is 0.128 e. The SMILES string of the molecule is OCc1ccnc(N2CCCCCC2)c1. The van der Waals surface area contributed by atoms with Crippen LogP contribution in [0.2, 0.25) is 0 Å². The molecule has 2 heterocycles. The van der Waals surface area contributed by atoms with Crippen LogP contribution in [-0.2, 0) is 6.61 Å². The van der Waals surface area contributed by atoms with E-state index in [1.165, 1.54) is 25.7 Å². The van der Waals surface area contributed by atoms with Crippen molar-refractivity contribution in [3.05, 3.63) is 23.9 Å². The number of aliphatic hydroxyl groups is 1. The molecule has 0 saturated carbocycles. The lowest BCUT2D eigenvalue weighted by molar-refractivity contribution is 0.281. The van der Waals surface area contributed by atoms with E-state index in [-0.39, 0.29) is 6.61 Å². The van der Waals surface area contributed by atoms with Crippen LogP contribution in [0.15, 0.2) is 18.3 Å². The third-order valence-corrected chi connectivity index (χ3v) is 2.92. The molecule has 3 nitrogen and oxygen atoms in total. The average molecular weight is 206 g/mol. The van der Waals surface area contributed by atoms with E-state index >= 15 is 0 Å². The molecule has 0 amide bonds. The monoisotopic (exact) mass is 206 g/mol. The fraction of sp³-hybridized carbons (Fsp3) is 0.583. The van der Waals surface area contributed by atoms with Gasteiger partial charge in [0, 0.05) is 19.3 Å². The minimum Gasteiger partial charge on any atom is -0.392 e. The van der Waals surface area contributed by atoms with E-state index in [9.17, 15) is 0 Å². The highest BCUT2D eigenvalue weighted by molar-refractivity contribution is 5.40. The van der Waals surface area contributed by atoms with Crippen molar-refractivity contribution in [1.82, 2.24) is 4.98 Å². The molecule has 1 aliphatic heterocycles. The normalized spacial score (nSPS) is 17.5. The number of aliphatic hydroxyl groups excluding tert-OH is 1. The Labute approximate surface area is 90.8 Å². The van der Waals surface area contributed by atoms with E-state index in [1.807, 2.05) is 12.1 Å². The van der Waals surface area contributed by atoms with Crippen molar-refractivity contribution in [3.8, 4) is 0 Å². The predicted octanol–water partition coefficient (Wildman–Crippen LogP) is 1.95. The molecule has 1 fully saturated rings. The highest BCUT2D eigenvalue weighted by Gasteiger charge is 2.10. The Kier molecular flexibility index (Phi) is 3.56. The van der Waals surface area contributed by atoms with E-state index in [0.29, 0.717) is 0 Å². The van der Waals surface area contributed by atoms with Crippen LogP contribution in [-0.4, -0.2) is 23.2 Å². The number of hydrogen-bond acceptors (Lipinski definition) is 3. The number of anilines is 1. The van der Waals surface area contributed by atoms with Gasteiger partial charge in [-0.1, -0.05) is 12.8 Å². The molecular formula is C12H18N2O. The average Bonchev–Trinajstić information content (AvgIpc) is 2.58. The van der Waals surface area contributed by atoms with Gasteiger partial charge in [-0.15, -0.1) is 0 Å². The van der Waals surface area contributed by atoms with Gasteiger partial charge in [0.15, 0.2) is 0 Å². The van der Waals surface area contributed by atoms with Crippen LogP contribution in [0, 0.1) is 0 Å². The van der Waals surface area contributed by atoms with Gasteiger partial charge in [0.2, 0.25) is 0 Å². The summed E-state index contributed by atoms with van der Waals surface area (Å²) in [4.78, 5) is 6.69. The second kappa shape index (κ2) is 5.12. The molecule has 3 heteroatoms. The van der Waals surface area contributed by atoms with Gasteiger partial charge in [-0.25, -0.2) is 4.98 Å². The van der Waals surface area contributed by atoms with Gasteiger partial charge in [-0.3, -0.25) is 0 Å². The van der Waals surface area contributed by atoms with E-state index in [1.54, 1.807) is 6.20 Å². The maximum absolute atomic E-state index is 9.07. The Bertz CT molecular complexity index is 306. The summed E-state index contributed by atoms with van der Waals surface area (Å²) >= 11 is 0. The fourth-order valence-corrected chi connectivity index (χ4v) is 2.03. The first-order valence-corrected chi connectivity index (χ1v) is 5.71. The predicted molar refractivity (Wildman–Crippen MR) is 60.8 cm³/mol. The second-order valence-corrected chi connectivity index (χ2v) is 4.08. The van der Waals surface area contributed by atoms with Crippen LogP contribution in [0.1, 0.15) is 31.2 Å². The number of aromatic nitrogens is 1. The van der Waals surface area contributed by atoms with Crippen molar-refractivity contribution in [2.45, 2.75) is 32.3 Å².